The van der Waals surface area contributed by atoms with Crippen LogP contribution in [0, 0.1) is 6.92 Å². The van der Waals surface area contributed by atoms with E-state index in [0.29, 0.717) is 29.2 Å². The minimum Gasteiger partial charge on any atom is -0.493 e. The molecule has 0 N–H and O–H groups in total. The van der Waals surface area contributed by atoms with Crippen LogP contribution in [0.15, 0.2) is 76.1 Å². The van der Waals surface area contributed by atoms with Gasteiger partial charge in [0.15, 0.2) is 17.3 Å². The van der Waals surface area contributed by atoms with Gasteiger partial charge < -0.3 is 9.47 Å². The van der Waals surface area contributed by atoms with E-state index in [4.69, 9.17) is 9.47 Å². The van der Waals surface area contributed by atoms with Crippen molar-refractivity contribution < 1.29 is 23.9 Å². The fourth-order valence-electron chi connectivity index (χ4n) is 3.51. The third-order valence-electron chi connectivity index (χ3n) is 5.30. The maximum absolute atomic E-state index is 12.8. The van der Waals surface area contributed by atoms with Gasteiger partial charge >= 0.3 is 0 Å². The van der Waals surface area contributed by atoms with Crippen LogP contribution in [-0.4, -0.2) is 35.5 Å². The first-order chi connectivity index (χ1) is 16.8. The third kappa shape index (κ3) is 6.01. The van der Waals surface area contributed by atoms with Crippen LogP contribution in [0.1, 0.15) is 27.0 Å². The summed E-state index contributed by atoms with van der Waals surface area (Å²) in [6.07, 6.45) is 1.61. The van der Waals surface area contributed by atoms with E-state index in [1.807, 2.05) is 25.1 Å². The highest BCUT2D eigenvalue weighted by atomic mass is 79.9. The molecule has 0 spiro atoms. The standard InChI is InChI=1S/C27H22BrNO5S/c1-17-4-3-5-19(12-17)16-34-23-11-6-18(13-24(23)33-2)14-25-26(31)29(27(32)35-25)15-22(30)20-7-9-21(28)10-8-20/h3-14H,15-16H2,1-2H3/b25-14-. The van der Waals surface area contributed by atoms with Crippen molar-refractivity contribution in [1.29, 1.82) is 0 Å². The zero-order chi connectivity index (χ0) is 24.9. The first kappa shape index (κ1) is 24.8. The summed E-state index contributed by atoms with van der Waals surface area (Å²) < 4.78 is 12.2. The number of amides is 2. The molecule has 1 aliphatic heterocycles. The number of methoxy groups -OCH3 is 1. The predicted octanol–water partition coefficient (Wildman–Crippen LogP) is 6.26. The summed E-state index contributed by atoms with van der Waals surface area (Å²) in [4.78, 5) is 39.1. The Morgan fingerprint density at radius 3 is 2.51 bits per heavy atom. The van der Waals surface area contributed by atoms with E-state index in [1.165, 1.54) is 0 Å². The van der Waals surface area contributed by atoms with E-state index < -0.39 is 11.1 Å². The predicted molar refractivity (Wildman–Crippen MR) is 140 cm³/mol. The fraction of sp³-hybridized carbons (Fsp3) is 0.148. The highest BCUT2D eigenvalue weighted by molar-refractivity contribution is 9.10. The lowest BCUT2D eigenvalue weighted by Gasteiger charge is -2.12. The van der Waals surface area contributed by atoms with Crippen LogP contribution in [0.4, 0.5) is 4.79 Å². The molecule has 35 heavy (non-hydrogen) atoms. The molecule has 6 nitrogen and oxygen atoms in total. The van der Waals surface area contributed by atoms with Crippen LogP contribution in [0.5, 0.6) is 11.5 Å². The van der Waals surface area contributed by atoms with Crippen molar-refractivity contribution in [3.8, 4) is 11.5 Å². The molecule has 2 amide bonds. The summed E-state index contributed by atoms with van der Waals surface area (Å²) in [6.45, 7) is 2.11. The second-order valence-corrected chi connectivity index (χ2v) is 9.79. The van der Waals surface area contributed by atoms with Gasteiger partial charge in [-0.25, -0.2) is 0 Å². The van der Waals surface area contributed by atoms with Crippen molar-refractivity contribution >= 4 is 50.7 Å². The maximum atomic E-state index is 12.8. The van der Waals surface area contributed by atoms with Crippen LogP contribution in [-0.2, 0) is 11.4 Å². The first-order valence-electron chi connectivity index (χ1n) is 10.7. The fourth-order valence-corrected chi connectivity index (χ4v) is 4.62. The van der Waals surface area contributed by atoms with Gasteiger partial charge in [-0.1, -0.05) is 64.0 Å². The number of ether oxygens (including phenoxy) is 2. The molecule has 3 aromatic rings. The topological polar surface area (TPSA) is 72.9 Å². The Balaban J connectivity index is 1.46. The van der Waals surface area contributed by atoms with E-state index in [1.54, 1.807) is 55.7 Å². The Labute approximate surface area is 216 Å². The van der Waals surface area contributed by atoms with Gasteiger partial charge in [0.2, 0.25) is 0 Å². The number of carbonyl (C=O) groups is 3. The molecule has 4 rings (SSSR count). The van der Waals surface area contributed by atoms with Gasteiger partial charge in [-0.05, 0) is 60.2 Å². The molecule has 1 heterocycles. The molecule has 0 aliphatic carbocycles. The number of nitrogens with zero attached hydrogens (tertiary/aromatic N) is 1. The lowest BCUT2D eigenvalue weighted by molar-refractivity contribution is -0.122. The Bertz CT molecular complexity index is 1320. The number of imide groups is 1. The molecule has 3 aromatic carbocycles. The summed E-state index contributed by atoms with van der Waals surface area (Å²) in [5.74, 6) is 0.275. The zero-order valence-electron chi connectivity index (χ0n) is 19.1. The van der Waals surface area contributed by atoms with Gasteiger partial charge in [-0.2, -0.15) is 0 Å². The molecule has 0 aromatic heterocycles. The molecule has 1 saturated heterocycles. The smallest absolute Gasteiger partial charge is 0.293 e. The van der Waals surface area contributed by atoms with Crippen molar-refractivity contribution in [2.45, 2.75) is 13.5 Å². The van der Waals surface area contributed by atoms with Crippen LogP contribution in [0.25, 0.3) is 6.08 Å². The molecule has 8 heteroatoms. The van der Waals surface area contributed by atoms with Crippen molar-refractivity contribution in [1.82, 2.24) is 4.90 Å². The molecule has 178 valence electrons. The maximum Gasteiger partial charge on any atom is 0.293 e. The van der Waals surface area contributed by atoms with Crippen LogP contribution in [0.3, 0.4) is 0 Å². The Morgan fingerprint density at radius 2 is 1.80 bits per heavy atom. The van der Waals surface area contributed by atoms with Crippen LogP contribution < -0.4 is 9.47 Å². The molecule has 0 radical (unpaired) electrons. The van der Waals surface area contributed by atoms with Gasteiger partial charge in [0.1, 0.15) is 6.61 Å². The number of ketones is 1. The number of Topliss-reactive ketones (excluding diaryl/α,β-unsaturated/α-hetero) is 1. The minimum absolute atomic E-state index is 0.245. The molecular weight excluding hydrogens is 530 g/mol. The minimum atomic E-state index is -0.496. The Hall–Kier alpha value is -3.36. The molecule has 0 atom stereocenters. The van der Waals surface area contributed by atoms with E-state index in [2.05, 4.69) is 22.0 Å². The normalized spacial score (nSPS) is 14.5. The number of aryl methyl sites for hydroxylation is 1. The van der Waals surface area contributed by atoms with Crippen molar-refractivity contribution in [3.63, 3.8) is 0 Å². The lowest BCUT2D eigenvalue weighted by atomic mass is 10.1. The largest absolute Gasteiger partial charge is 0.493 e. The number of rotatable bonds is 8. The summed E-state index contributed by atoms with van der Waals surface area (Å²) in [7, 11) is 1.54. The Kier molecular flexibility index (Phi) is 7.73. The summed E-state index contributed by atoms with van der Waals surface area (Å²) in [5, 5.41) is -0.475. The second kappa shape index (κ2) is 10.9. The van der Waals surface area contributed by atoms with Gasteiger partial charge in [-0.3, -0.25) is 19.3 Å². The lowest BCUT2D eigenvalue weighted by Crippen LogP contribution is -2.33. The van der Waals surface area contributed by atoms with Crippen LogP contribution >= 0.6 is 27.7 Å². The SMILES string of the molecule is COc1cc(/C=C2\SC(=O)N(CC(=O)c3ccc(Br)cc3)C2=O)ccc1OCc1cccc(C)c1. The molecule has 0 saturated carbocycles. The average Bonchev–Trinajstić information content (AvgIpc) is 3.10. The van der Waals surface area contributed by atoms with Crippen molar-refractivity contribution in [2.24, 2.45) is 0 Å². The number of halogens is 1. The van der Waals surface area contributed by atoms with Gasteiger partial charge in [0, 0.05) is 10.0 Å². The van der Waals surface area contributed by atoms with Gasteiger partial charge in [0.05, 0.1) is 18.6 Å². The Morgan fingerprint density at radius 1 is 1.03 bits per heavy atom. The van der Waals surface area contributed by atoms with Gasteiger partial charge in [-0.15, -0.1) is 0 Å². The molecular formula is C27H22BrNO5S. The van der Waals surface area contributed by atoms with E-state index >= 15 is 0 Å². The highest BCUT2D eigenvalue weighted by Gasteiger charge is 2.36. The average molecular weight is 552 g/mol. The van der Waals surface area contributed by atoms with Crippen molar-refractivity contribution in [2.75, 3.05) is 13.7 Å². The molecule has 0 unspecified atom stereocenters. The summed E-state index contributed by atoms with van der Waals surface area (Å²) >= 11 is 4.13. The summed E-state index contributed by atoms with van der Waals surface area (Å²) in [5.41, 5.74) is 3.31. The first-order valence-corrected chi connectivity index (χ1v) is 12.4. The monoisotopic (exact) mass is 551 g/mol. The summed E-state index contributed by atoms with van der Waals surface area (Å²) in [6, 6.07) is 20.1. The highest BCUT2D eigenvalue weighted by Crippen LogP contribution is 2.35. The number of benzene rings is 3. The second-order valence-electron chi connectivity index (χ2n) is 7.89. The van der Waals surface area contributed by atoms with E-state index in [-0.39, 0.29) is 17.2 Å². The van der Waals surface area contributed by atoms with E-state index in [9.17, 15) is 14.4 Å². The van der Waals surface area contributed by atoms with E-state index in [0.717, 1.165) is 32.3 Å². The third-order valence-corrected chi connectivity index (χ3v) is 6.74. The number of hydrogen-bond donors (Lipinski definition) is 0. The number of thioether (sulfide) groups is 1. The molecule has 0 bridgehead atoms. The van der Waals surface area contributed by atoms with Gasteiger partial charge in [0.25, 0.3) is 11.1 Å². The number of hydrogen-bond acceptors (Lipinski definition) is 6. The van der Waals surface area contributed by atoms with Crippen molar-refractivity contribution in [3.05, 3.63) is 98.4 Å². The molecule has 1 aliphatic rings. The van der Waals surface area contributed by atoms with Crippen LogP contribution in [0.2, 0.25) is 0 Å². The number of carbonyl (C=O) groups excluding carboxylic acids is 3. The molecule has 1 fully saturated rings. The zero-order valence-corrected chi connectivity index (χ0v) is 21.5. The quantitative estimate of drug-likeness (QED) is 0.243.